The molecule has 0 amide bonds. The van der Waals surface area contributed by atoms with Gasteiger partial charge in [-0.3, -0.25) is 4.68 Å². The molecule has 0 saturated heterocycles. The molecule has 0 aliphatic rings. The monoisotopic (exact) mass is 168 g/mol. The predicted octanol–water partition coefficient (Wildman–Crippen LogP) is 0.668. The summed E-state index contributed by atoms with van der Waals surface area (Å²) >= 11 is 0. The molecule has 0 bridgehead atoms. The third-order valence-electron chi connectivity index (χ3n) is 1.71. The van der Waals surface area contributed by atoms with E-state index in [2.05, 4.69) is 22.3 Å². The Bertz CT molecular complexity index is 183. The molecule has 0 radical (unpaired) electrons. The van der Waals surface area contributed by atoms with Gasteiger partial charge >= 0.3 is 0 Å². The maximum Gasteiger partial charge on any atom is 0.137 e. The number of aryl methyl sites for hydroxylation is 1. The first-order valence-electron chi connectivity index (χ1n) is 4.46. The first-order chi connectivity index (χ1) is 5.93. The normalized spacial score (nSPS) is 10.4. The SMILES string of the molecule is CCNCCCCn1cncn1. The third-order valence-corrected chi connectivity index (χ3v) is 1.71. The van der Waals surface area contributed by atoms with Crippen LogP contribution < -0.4 is 5.32 Å². The van der Waals surface area contributed by atoms with Crippen molar-refractivity contribution in [2.45, 2.75) is 26.3 Å². The Kier molecular flexibility index (Phi) is 4.37. The van der Waals surface area contributed by atoms with E-state index in [1.807, 2.05) is 4.68 Å². The maximum atomic E-state index is 4.02. The lowest BCUT2D eigenvalue weighted by Crippen LogP contribution is -2.14. The summed E-state index contributed by atoms with van der Waals surface area (Å²) in [5, 5.41) is 7.30. The number of rotatable bonds is 6. The fourth-order valence-electron chi connectivity index (χ4n) is 1.05. The van der Waals surface area contributed by atoms with E-state index in [1.165, 1.54) is 6.42 Å². The molecule has 1 N–H and O–H groups in total. The summed E-state index contributed by atoms with van der Waals surface area (Å²) < 4.78 is 1.87. The Morgan fingerprint density at radius 3 is 3.00 bits per heavy atom. The summed E-state index contributed by atoms with van der Waals surface area (Å²) in [5.41, 5.74) is 0. The zero-order valence-corrected chi connectivity index (χ0v) is 7.53. The minimum atomic E-state index is 0.978. The van der Waals surface area contributed by atoms with E-state index in [0.717, 1.165) is 26.1 Å². The number of aromatic nitrogens is 3. The van der Waals surface area contributed by atoms with Crippen LogP contribution in [0.25, 0.3) is 0 Å². The van der Waals surface area contributed by atoms with Crippen molar-refractivity contribution in [3.8, 4) is 0 Å². The Hall–Kier alpha value is -0.900. The van der Waals surface area contributed by atoms with Gasteiger partial charge in [0.05, 0.1) is 0 Å². The van der Waals surface area contributed by atoms with Crippen LogP contribution in [0.5, 0.6) is 0 Å². The lowest BCUT2D eigenvalue weighted by Gasteiger charge is -2.01. The molecule has 1 aromatic heterocycles. The summed E-state index contributed by atoms with van der Waals surface area (Å²) in [6.45, 7) is 5.26. The van der Waals surface area contributed by atoms with Gasteiger partial charge in [-0.15, -0.1) is 0 Å². The van der Waals surface area contributed by atoms with Crippen LogP contribution in [0.3, 0.4) is 0 Å². The fourth-order valence-corrected chi connectivity index (χ4v) is 1.05. The van der Waals surface area contributed by atoms with Crippen molar-refractivity contribution in [1.29, 1.82) is 0 Å². The molecule has 4 heteroatoms. The molecular weight excluding hydrogens is 152 g/mol. The summed E-state index contributed by atoms with van der Waals surface area (Å²) in [6.07, 6.45) is 5.70. The molecule has 0 saturated carbocycles. The highest BCUT2D eigenvalue weighted by molar-refractivity contribution is 4.56. The molecule has 68 valence electrons. The molecule has 1 aromatic rings. The van der Waals surface area contributed by atoms with Gasteiger partial charge in [0.25, 0.3) is 0 Å². The van der Waals surface area contributed by atoms with Crippen LogP contribution in [0.2, 0.25) is 0 Å². The maximum absolute atomic E-state index is 4.02. The Morgan fingerprint density at radius 2 is 2.33 bits per heavy atom. The second-order valence-corrected chi connectivity index (χ2v) is 2.72. The van der Waals surface area contributed by atoms with E-state index in [1.54, 1.807) is 12.7 Å². The van der Waals surface area contributed by atoms with Crippen LogP contribution in [0.15, 0.2) is 12.7 Å². The lowest BCUT2D eigenvalue weighted by molar-refractivity contribution is 0.539. The molecule has 4 nitrogen and oxygen atoms in total. The number of hydrogen-bond acceptors (Lipinski definition) is 3. The van der Waals surface area contributed by atoms with Crippen molar-refractivity contribution < 1.29 is 0 Å². The van der Waals surface area contributed by atoms with E-state index in [-0.39, 0.29) is 0 Å². The molecule has 0 aliphatic heterocycles. The Labute approximate surface area is 73.0 Å². The molecule has 1 rings (SSSR count). The highest BCUT2D eigenvalue weighted by Gasteiger charge is 1.90. The highest BCUT2D eigenvalue weighted by atomic mass is 15.3. The smallest absolute Gasteiger partial charge is 0.137 e. The summed E-state index contributed by atoms with van der Waals surface area (Å²) in [4.78, 5) is 3.87. The van der Waals surface area contributed by atoms with Gasteiger partial charge in [-0.1, -0.05) is 6.92 Å². The molecular formula is C8H16N4. The number of hydrogen-bond donors (Lipinski definition) is 1. The van der Waals surface area contributed by atoms with Gasteiger partial charge in [-0.25, -0.2) is 4.98 Å². The van der Waals surface area contributed by atoms with Crippen LogP contribution >= 0.6 is 0 Å². The van der Waals surface area contributed by atoms with E-state index in [4.69, 9.17) is 0 Å². The minimum Gasteiger partial charge on any atom is -0.317 e. The lowest BCUT2D eigenvalue weighted by atomic mass is 10.3. The molecule has 0 atom stereocenters. The number of nitrogens with zero attached hydrogens (tertiary/aromatic N) is 3. The van der Waals surface area contributed by atoms with Crippen molar-refractivity contribution in [3.05, 3.63) is 12.7 Å². The molecule has 0 unspecified atom stereocenters. The van der Waals surface area contributed by atoms with Crippen LogP contribution in [0.4, 0.5) is 0 Å². The number of unbranched alkanes of at least 4 members (excludes halogenated alkanes) is 1. The number of nitrogens with one attached hydrogen (secondary N) is 1. The first kappa shape index (κ1) is 9.19. The van der Waals surface area contributed by atoms with Gasteiger partial charge in [-0.05, 0) is 25.9 Å². The van der Waals surface area contributed by atoms with Gasteiger partial charge in [0, 0.05) is 6.54 Å². The van der Waals surface area contributed by atoms with Crippen molar-refractivity contribution in [2.24, 2.45) is 0 Å². The third kappa shape index (κ3) is 3.48. The molecule has 1 heterocycles. The Morgan fingerprint density at radius 1 is 1.42 bits per heavy atom. The molecule has 0 spiro atoms. The largest absolute Gasteiger partial charge is 0.317 e. The van der Waals surface area contributed by atoms with E-state index >= 15 is 0 Å². The van der Waals surface area contributed by atoms with Crippen molar-refractivity contribution in [1.82, 2.24) is 20.1 Å². The van der Waals surface area contributed by atoms with E-state index in [9.17, 15) is 0 Å². The van der Waals surface area contributed by atoms with Gasteiger partial charge in [0.15, 0.2) is 0 Å². The van der Waals surface area contributed by atoms with Crippen LogP contribution in [-0.2, 0) is 6.54 Å². The molecule has 0 aromatic carbocycles. The second-order valence-electron chi connectivity index (χ2n) is 2.72. The Balaban J connectivity index is 1.96. The average Bonchev–Trinajstić information content (AvgIpc) is 2.57. The molecule has 12 heavy (non-hydrogen) atoms. The standard InChI is InChI=1S/C8H16N4/c1-2-9-5-3-4-6-12-8-10-7-11-12/h7-9H,2-6H2,1H3. The molecule has 0 aliphatic carbocycles. The van der Waals surface area contributed by atoms with Gasteiger partial charge in [-0.2, -0.15) is 5.10 Å². The van der Waals surface area contributed by atoms with Gasteiger partial charge in [0.1, 0.15) is 12.7 Å². The van der Waals surface area contributed by atoms with Crippen molar-refractivity contribution >= 4 is 0 Å². The first-order valence-corrected chi connectivity index (χ1v) is 4.46. The molecule has 0 fully saturated rings. The topological polar surface area (TPSA) is 42.7 Å². The van der Waals surface area contributed by atoms with E-state index in [0.29, 0.717) is 0 Å². The van der Waals surface area contributed by atoms with E-state index < -0.39 is 0 Å². The summed E-state index contributed by atoms with van der Waals surface area (Å²) in [7, 11) is 0. The summed E-state index contributed by atoms with van der Waals surface area (Å²) in [6, 6.07) is 0. The van der Waals surface area contributed by atoms with Crippen LogP contribution in [0, 0.1) is 0 Å². The highest BCUT2D eigenvalue weighted by Crippen LogP contribution is 1.90. The zero-order chi connectivity index (χ0) is 8.65. The zero-order valence-electron chi connectivity index (χ0n) is 7.53. The fraction of sp³-hybridized carbons (Fsp3) is 0.750. The van der Waals surface area contributed by atoms with Gasteiger partial charge in [0.2, 0.25) is 0 Å². The second kappa shape index (κ2) is 5.71. The quantitative estimate of drug-likeness (QED) is 0.635. The van der Waals surface area contributed by atoms with Crippen LogP contribution in [0.1, 0.15) is 19.8 Å². The minimum absolute atomic E-state index is 0.978. The van der Waals surface area contributed by atoms with Crippen molar-refractivity contribution in [3.63, 3.8) is 0 Å². The van der Waals surface area contributed by atoms with Crippen LogP contribution in [-0.4, -0.2) is 27.9 Å². The predicted molar refractivity (Wildman–Crippen MR) is 47.8 cm³/mol. The summed E-state index contributed by atoms with van der Waals surface area (Å²) in [5.74, 6) is 0. The average molecular weight is 168 g/mol. The van der Waals surface area contributed by atoms with Crippen molar-refractivity contribution in [2.75, 3.05) is 13.1 Å². The van der Waals surface area contributed by atoms with Gasteiger partial charge < -0.3 is 5.32 Å².